The van der Waals surface area contributed by atoms with Gasteiger partial charge >= 0.3 is 18.2 Å². The molecule has 0 aromatic heterocycles. The van der Waals surface area contributed by atoms with E-state index in [4.69, 9.17) is 14.2 Å². The van der Waals surface area contributed by atoms with Crippen molar-refractivity contribution in [3.05, 3.63) is 49.2 Å². The predicted octanol–water partition coefficient (Wildman–Crippen LogP) is 1.12. The number of alkyl carbamates (subject to hydrolysis) is 1. The quantitative estimate of drug-likeness (QED) is 0.185. The maximum absolute atomic E-state index is 12.9. The number of amides is 3. The lowest BCUT2D eigenvalue weighted by molar-refractivity contribution is -0.162. The topological polar surface area (TPSA) is 135 Å². The normalized spacial score (nSPS) is 20.3. The maximum Gasteiger partial charge on any atom is 0.410 e. The second-order valence-electron chi connectivity index (χ2n) is 7.77. The maximum atomic E-state index is 12.9. The van der Waals surface area contributed by atoms with Gasteiger partial charge in [0.2, 0.25) is 5.91 Å². The van der Waals surface area contributed by atoms with E-state index in [1.54, 1.807) is 0 Å². The first-order chi connectivity index (χ1) is 16.2. The van der Waals surface area contributed by atoms with E-state index in [1.807, 2.05) is 0 Å². The standard InChI is InChI=1S/C23H31N3O8/c1-6-9-32-21(29)19-15(12-16-18(14(4)27)20(28)26(16)19)17(13-24-22(30)33-10-7-2)25(5)23(31)34-11-8-3/h6-8,14,16-18,27H,1-3,9-13H2,4-5H3,(H,24,30)/t14-,16-,17-,18-/m1/s1. The monoisotopic (exact) mass is 477 g/mol. The number of aliphatic hydroxyl groups excluding tert-OH is 1. The summed E-state index contributed by atoms with van der Waals surface area (Å²) < 4.78 is 15.2. The molecule has 3 amide bonds. The number of likely N-dealkylation sites (N-methyl/N-ethyl adjacent to an activating group) is 1. The zero-order valence-corrected chi connectivity index (χ0v) is 19.4. The van der Waals surface area contributed by atoms with Gasteiger partial charge in [0.05, 0.1) is 24.1 Å². The number of hydrogen-bond donors (Lipinski definition) is 2. The number of nitrogens with one attached hydrogen (secondary N) is 1. The molecule has 0 aromatic carbocycles. The fourth-order valence-electron chi connectivity index (χ4n) is 4.01. The molecule has 0 aliphatic carbocycles. The summed E-state index contributed by atoms with van der Waals surface area (Å²) in [5.41, 5.74) is 0.362. The van der Waals surface area contributed by atoms with Crippen LogP contribution in [0.3, 0.4) is 0 Å². The average molecular weight is 478 g/mol. The van der Waals surface area contributed by atoms with Crippen LogP contribution in [0.25, 0.3) is 0 Å². The average Bonchev–Trinajstić information content (AvgIpc) is 3.13. The van der Waals surface area contributed by atoms with Gasteiger partial charge in [-0.1, -0.05) is 38.0 Å². The van der Waals surface area contributed by atoms with Gasteiger partial charge in [0, 0.05) is 13.6 Å². The van der Waals surface area contributed by atoms with E-state index in [0.29, 0.717) is 5.57 Å². The lowest BCUT2D eigenvalue weighted by Gasteiger charge is -2.44. The summed E-state index contributed by atoms with van der Waals surface area (Å²) in [6.07, 6.45) is 1.95. The molecule has 34 heavy (non-hydrogen) atoms. The van der Waals surface area contributed by atoms with Crippen LogP contribution in [0.1, 0.15) is 13.3 Å². The number of rotatable bonds is 12. The molecule has 0 unspecified atom stereocenters. The minimum atomic E-state index is -0.931. The first kappa shape index (κ1) is 26.7. The number of carbonyl (C=O) groups excluding carboxylic acids is 4. The van der Waals surface area contributed by atoms with E-state index < -0.39 is 48.2 Å². The Bertz CT molecular complexity index is 881. The van der Waals surface area contributed by atoms with Crippen LogP contribution in [-0.2, 0) is 23.8 Å². The van der Waals surface area contributed by atoms with E-state index in [0.717, 1.165) is 0 Å². The van der Waals surface area contributed by atoms with Crippen molar-refractivity contribution in [2.24, 2.45) is 5.92 Å². The minimum Gasteiger partial charge on any atom is -0.457 e. The third kappa shape index (κ3) is 5.66. The molecule has 11 nitrogen and oxygen atoms in total. The largest absolute Gasteiger partial charge is 0.457 e. The van der Waals surface area contributed by atoms with Crippen LogP contribution in [0.4, 0.5) is 9.59 Å². The molecule has 0 saturated carbocycles. The number of esters is 1. The van der Waals surface area contributed by atoms with Gasteiger partial charge in [0.25, 0.3) is 0 Å². The van der Waals surface area contributed by atoms with Crippen molar-refractivity contribution in [2.45, 2.75) is 31.5 Å². The summed E-state index contributed by atoms with van der Waals surface area (Å²) in [7, 11) is 1.44. The number of ether oxygens (including phenoxy) is 3. The molecule has 2 aliphatic heterocycles. The zero-order valence-electron chi connectivity index (χ0n) is 19.4. The van der Waals surface area contributed by atoms with Crippen LogP contribution in [-0.4, -0.2) is 90.6 Å². The smallest absolute Gasteiger partial charge is 0.410 e. The van der Waals surface area contributed by atoms with Crippen LogP contribution in [0.15, 0.2) is 49.2 Å². The summed E-state index contributed by atoms with van der Waals surface area (Å²) in [4.78, 5) is 52.8. The van der Waals surface area contributed by atoms with Crippen molar-refractivity contribution in [2.75, 3.05) is 33.4 Å². The molecule has 2 heterocycles. The Kier molecular flexibility index (Phi) is 9.43. The van der Waals surface area contributed by atoms with Gasteiger partial charge in [0.1, 0.15) is 25.5 Å². The number of carbonyl (C=O) groups is 4. The molecule has 1 fully saturated rings. The molecule has 2 N–H and O–H groups in total. The lowest BCUT2D eigenvalue weighted by atomic mass is 9.82. The first-order valence-electron chi connectivity index (χ1n) is 10.7. The number of hydrogen-bond acceptors (Lipinski definition) is 8. The summed E-state index contributed by atoms with van der Waals surface area (Å²) in [6, 6.07) is -1.37. The van der Waals surface area contributed by atoms with Crippen molar-refractivity contribution in [1.29, 1.82) is 0 Å². The van der Waals surface area contributed by atoms with Gasteiger partial charge in [0.15, 0.2) is 0 Å². The Morgan fingerprint density at radius 3 is 2.32 bits per heavy atom. The number of aliphatic hydroxyl groups is 1. The van der Waals surface area contributed by atoms with Crippen LogP contribution < -0.4 is 5.32 Å². The van der Waals surface area contributed by atoms with Crippen LogP contribution >= 0.6 is 0 Å². The fraction of sp³-hybridized carbons (Fsp3) is 0.478. The van der Waals surface area contributed by atoms with Crippen molar-refractivity contribution in [3.63, 3.8) is 0 Å². The van der Waals surface area contributed by atoms with Crippen LogP contribution in [0, 0.1) is 5.92 Å². The lowest BCUT2D eigenvalue weighted by Crippen LogP contribution is -2.61. The third-order valence-electron chi connectivity index (χ3n) is 5.54. The number of β-lactam (4-membered cyclic amide) rings is 1. The Morgan fingerprint density at radius 2 is 1.74 bits per heavy atom. The number of nitrogens with zero attached hydrogens (tertiary/aromatic N) is 2. The zero-order chi connectivity index (χ0) is 25.4. The molecule has 0 bridgehead atoms. The van der Waals surface area contributed by atoms with E-state index >= 15 is 0 Å². The molecule has 0 aromatic rings. The van der Waals surface area contributed by atoms with E-state index in [9.17, 15) is 24.3 Å². The van der Waals surface area contributed by atoms with Gasteiger partial charge in [-0.15, -0.1) is 0 Å². The summed E-state index contributed by atoms with van der Waals surface area (Å²) in [6.45, 7) is 11.7. The molecule has 0 spiro atoms. The molecule has 186 valence electrons. The Hall–Kier alpha value is -3.60. The molecule has 1 saturated heterocycles. The highest BCUT2D eigenvalue weighted by Gasteiger charge is 2.58. The number of fused-ring (bicyclic) bond motifs is 1. The van der Waals surface area contributed by atoms with Gasteiger partial charge in [-0.3, -0.25) is 4.79 Å². The van der Waals surface area contributed by atoms with E-state index in [1.165, 1.54) is 42.0 Å². The Morgan fingerprint density at radius 1 is 1.15 bits per heavy atom. The predicted molar refractivity (Wildman–Crippen MR) is 121 cm³/mol. The Balaban J connectivity index is 2.43. The van der Waals surface area contributed by atoms with Gasteiger partial charge < -0.3 is 34.4 Å². The van der Waals surface area contributed by atoms with Crippen LogP contribution in [0.2, 0.25) is 0 Å². The highest BCUT2D eigenvalue weighted by Crippen LogP contribution is 2.45. The van der Waals surface area contributed by atoms with Gasteiger partial charge in [-0.05, 0) is 18.9 Å². The second-order valence-corrected chi connectivity index (χ2v) is 7.77. The molecule has 0 radical (unpaired) electrons. The van der Waals surface area contributed by atoms with E-state index in [-0.39, 0.29) is 38.5 Å². The third-order valence-corrected chi connectivity index (χ3v) is 5.54. The highest BCUT2D eigenvalue weighted by molar-refractivity contribution is 6.00. The summed E-state index contributed by atoms with van der Waals surface area (Å²) in [5.74, 6) is -1.90. The highest BCUT2D eigenvalue weighted by atomic mass is 16.6. The van der Waals surface area contributed by atoms with Crippen LogP contribution in [0.5, 0.6) is 0 Å². The molecular formula is C23H31N3O8. The fourth-order valence-corrected chi connectivity index (χ4v) is 4.01. The van der Waals surface area contributed by atoms with Gasteiger partial charge in [-0.2, -0.15) is 0 Å². The molecular weight excluding hydrogens is 446 g/mol. The van der Waals surface area contributed by atoms with Crippen molar-refractivity contribution in [3.8, 4) is 0 Å². The van der Waals surface area contributed by atoms with Gasteiger partial charge in [-0.25, -0.2) is 14.4 Å². The van der Waals surface area contributed by atoms with Crippen molar-refractivity contribution < 1.29 is 38.5 Å². The van der Waals surface area contributed by atoms with Crippen molar-refractivity contribution in [1.82, 2.24) is 15.1 Å². The van der Waals surface area contributed by atoms with Crippen molar-refractivity contribution >= 4 is 24.1 Å². The minimum absolute atomic E-state index is 0.0179. The second kappa shape index (κ2) is 12.0. The Labute approximate surface area is 198 Å². The molecule has 2 aliphatic rings. The molecule has 11 heteroatoms. The summed E-state index contributed by atoms with van der Waals surface area (Å²) >= 11 is 0. The SMILES string of the molecule is C=CCOC(=O)NC[C@H](C1=C(C(=O)OCC=C)N2C(=O)[C@H]([C@@H](C)O)[C@H]2C1)N(C)C(=O)OCC=C. The van der Waals surface area contributed by atoms with E-state index in [2.05, 4.69) is 25.1 Å². The molecule has 2 rings (SSSR count). The molecule has 4 atom stereocenters. The first-order valence-corrected chi connectivity index (χ1v) is 10.7. The summed E-state index contributed by atoms with van der Waals surface area (Å²) in [5, 5.41) is 12.6.